The Labute approximate surface area is 206 Å². The van der Waals surface area contributed by atoms with Crippen molar-refractivity contribution in [1.82, 2.24) is 19.7 Å². The number of para-hydroxylation sites is 1. The first kappa shape index (κ1) is 22.6. The first-order valence-electron chi connectivity index (χ1n) is 11.0. The van der Waals surface area contributed by atoms with E-state index < -0.39 is 0 Å². The molecule has 0 atom stereocenters. The number of pyridine rings is 1. The van der Waals surface area contributed by atoms with E-state index in [4.69, 9.17) is 9.47 Å². The average molecular weight is 483 g/mol. The number of carbonyl (C=O) groups is 1. The Balaban J connectivity index is 1.42. The van der Waals surface area contributed by atoms with Crippen LogP contribution in [0, 0.1) is 0 Å². The first-order valence-corrected chi connectivity index (χ1v) is 12.0. The predicted octanol–water partition coefficient (Wildman–Crippen LogP) is 5.38. The van der Waals surface area contributed by atoms with Crippen LogP contribution in [0.1, 0.15) is 16.2 Å². The van der Waals surface area contributed by atoms with Crippen LogP contribution in [0.25, 0.3) is 16.6 Å². The van der Waals surface area contributed by atoms with E-state index in [9.17, 15) is 4.79 Å². The van der Waals surface area contributed by atoms with Gasteiger partial charge in [0.1, 0.15) is 23.6 Å². The zero-order valence-electron chi connectivity index (χ0n) is 19.0. The van der Waals surface area contributed by atoms with Crippen molar-refractivity contribution >= 4 is 28.4 Å². The van der Waals surface area contributed by atoms with Crippen LogP contribution in [0.15, 0.2) is 96.3 Å². The van der Waals surface area contributed by atoms with E-state index >= 15 is 0 Å². The molecule has 0 unspecified atom stereocenters. The highest BCUT2D eigenvalue weighted by atomic mass is 32.2. The van der Waals surface area contributed by atoms with Gasteiger partial charge in [0.25, 0.3) is 0 Å². The van der Waals surface area contributed by atoms with Gasteiger partial charge in [-0.1, -0.05) is 60.3 Å². The summed E-state index contributed by atoms with van der Waals surface area (Å²) in [6.07, 6.45) is 1.74. The SMILES string of the molecule is COc1ccc(-n2c(COc3cccc4cccnc34)nnc2SCC(=O)c2ccccc2)cc1. The lowest BCUT2D eigenvalue weighted by molar-refractivity contribution is 0.102. The molecule has 2 aromatic heterocycles. The number of ketones is 1. The van der Waals surface area contributed by atoms with Gasteiger partial charge in [0.15, 0.2) is 16.8 Å². The number of aromatic nitrogens is 4. The molecule has 8 heteroatoms. The summed E-state index contributed by atoms with van der Waals surface area (Å²) in [5, 5.41) is 10.4. The zero-order valence-corrected chi connectivity index (χ0v) is 19.8. The molecular formula is C27H22N4O3S. The van der Waals surface area contributed by atoms with Crippen molar-refractivity contribution in [1.29, 1.82) is 0 Å². The van der Waals surface area contributed by atoms with E-state index in [1.54, 1.807) is 13.3 Å². The number of methoxy groups -OCH3 is 1. The second kappa shape index (κ2) is 10.4. The van der Waals surface area contributed by atoms with Crippen LogP contribution < -0.4 is 9.47 Å². The summed E-state index contributed by atoms with van der Waals surface area (Å²) in [6.45, 7) is 0.182. The van der Waals surface area contributed by atoms with Gasteiger partial charge in [0.2, 0.25) is 0 Å². The van der Waals surface area contributed by atoms with Crippen molar-refractivity contribution in [3.05, 3.63) is 103 Å². The van der Waals surface area contributed by atoms with Gasteiger partial charge in [-0.05, 0) is 36.4 Å². The fourth-order valence-corrected chi connectivity index (χ4v) is 4.52. The van der Waals surface area contributed by atoms with Crippen molar-refractivity contribution in [3.63, 3.8) is 0 Å². The van der Waals surface area contributed by atoms with E-state index in [1.165, 1.54) is 11.8 Å². The molecule has 2 heterocycles. The number of hydrogen-bond acceptors (Lipinski definition) is 7. The third kappa shape index (κ3) is 5.02. The Morgan fingerprint density at radius 2 is 1.71 bits per heavy atom. The number of carbonyl (C=O) groups excluding carboxylic acids is 1. The fraction of sp³-hybridized carbons (Fsp3) is 0.111. The molecular weight excluding hydrogens is 460 g/mol. The second-order valence-electron chi connectivity index (χ2n) is 7.63. The topological polar surface area (TPSA) is 79.1 Å². The Hall–Kier alpha value is -4.17. The Bertz CT molecular complexity index is 1450. The van der Waals surface area contributed by atoms with Crippen LogP contribution in [0.3, 0.4) is 0 Å². The van der Waals surface area contributed by atoms with Gasteiger partial charge in [0, 0.05) is 22.8 Å². The van der Waals surface area contributed by atoms with E-state index in [-0.39, 0.29) is 18.1 Å². The van der Waals surface area contributed by atoms with Crippen LogP contribution in [-0.4, -0.2) is 38.4 Å². The Morgan fingerprint density at radius 1 is 0.914 bits per heavy atom. The predicted molar refractivity (Wildman–Crippen MR) is 135 cm³/mol. The third-order valence-electron chi connectivity index (χ3n) is 5.41. The first-order chi connectivity index (χ1) is 17.2. The van der Waals surface area contributed by atoms with E-state index in [1.807, 2.05) is 89.5 Å². The summed E-state index contributed by atoms with van der Waals surface area (Å²) in [4.78, 5) is 17.1. The molecule has 174 valence electrons. The molecule has 0 saturated carbocycles. The number of benzene rings is 3. The molecule has 0 aliphatic rings. The maximum Gasteiger partial charge on any atom is 0.196 e. The van der Waals surface area contributed by atoms with Crippen molar-refractivity contribution < 1.29 is 14.3 Å². The molecule has 0 N–H and O–H groups in total. The van der Waals surface area contributed by atoms with Crippen LogP contribution >= 0.6 is 11.8 Å². The molecule has 5 aromatic rings. The van der Waals surface area contributed by atoms with E-state index in [2.05, 4.69) is 15.2 Å². The molecule has 0 fully saturated rings. The summed E-state index contributed by atoms with van der Waals surface area (Å²) >= 11 is 1.34. The highest BCUT2D eigenvalue weighted by Crippen LogP contribution is 2.27. The fourth-order valence-electron chi connectivity index (χ4n) is 3.65. The third-order valence-corrected chi connectivity index (χ3v) is 6.34. The minimum atomic E-state index is 0.0273. The lowest BCUT2D eigenvalue weighted by Crippen LogP contribution is -2.08. The van der Waals surface area contributed by atoms with Crippen molar-refractivity contribution in [2.45, 2.75) is 11.8 Å². The summed E-state index contributed by atoms with van der Waals surface area (Å²) in [7, 11) is 1.63. The summed E-state index contributed by atoms with van der Waals surface area (Å²) in [6, 6.07) is 26.5. The number of Topliss-reactive ketones (excluding diaryl/α,β-unsaturated/α-hetero) is 1. The van der Waals surface area contributed by atoms with Gasteiger partial charge in [-0.25, -0.2) is 0 Å². The molecule has 0 saturated heterocycles. The quantitative estimate of drug-likeness (QED) is 0.206. The lowest BCUT2D eigenvalue weighted by Gasteiger charge is -2.12. The van der Waals surface area contributed by atoms with Crippen LogP contribution in [-0.2, 0) is 6.61 Å². The monoisotopic (exact) mass is 482 g/mol. The molecule has 0 aliphatic heterocycles. The number of nitrogens with zero attached hydrogens (tertiary/aromatic N) is 4. The lowest BCUT2D eigenvalue weighted by atomic mass is 10.2. The number of fused-ring (bicyclic) bond motifs is 1. The zero-order chi connectivity index (χ0) is 24.0. The average Bonchev–Trinajstić information content (AvgIpc) is 3.33. The largest absolute Gasteiger partial charge is 0.497 e. The molecule has 0 amide bonds. The smallest absolute Gasteiger partial charge is 0.196 e. The highest BCUT2D eigenvalue weighted by Gasteiger charge is 2.18. The van der Waals surface area contributed by atoms with Gasteiger partial charge in [-0.3, -0.25) is 14.3 Å². The summed E-state index contributed by atoms with van der Waals surface area (Å²) < 4.78 is 13.3. The van der Waals surface area contributed by atoms with Gasteiger partial charge in [0.05, 0.1) is 12.9 Å². The normalized spacial score (nSPS) is 10.9. The maximum absolute atomic E-state index is 12.7. The molecule has 0 aliphatic carbocycles. The second-order valence-corrected chi connectivity index (χ2v) is 8.57. The molecule has 7 nitrogen and oxygen atoms in total. The molecule has 0 bridgehead atoms. The van der Waals surface area contributed by atoms with Crippen LogP contribution in [0.5, 0.6) is 11.5 Å². The molecule has 0 spiro atoms. The van der Waals surface area contributed by atoms with Gasteiger partial charge in [-0.2, -0.15) is 0 Å². The van der Waals surface area contributed by atoms with Crippen molar-refractivity contribution in [3.8, 4) is 17.2 Å². The minimum Gasteiger partial charge on any atom is -0.497 e. The van der Waals surface area contributed by atoms with Gasteiger partial charge < -0.3 is 9.47 Å². The maximum atomic E-state index is 12.7. The molecule has 0 radical (unpaired) electrons. The standard InChI is InChI=1S/C27H22N4O3S/c1-33-22-14-12-21(13-15-22)31-25(17-34-24-11-5-9-20-10-6-16-28-26(20)24)29-30-27(31)35-18-23(32)19-7-3-2-4-8-19/h2-16H,17-18H2,1H3. The number of ether oxygens (including phenoxy) is 2. The highest BCUT2D eigenvalue weighted by molar-refractivity contribution is 7.99. The molecule has 5 rings (SSSR count). The summed E-state index contributed by atoms with van der Waals surface area (Å²) in [5.74, 6) is 2.29. The van der Waals surface area contributed by atoms with Gasteiger partial charge in [-0.15, -0.1) is 10.2 Å². The van der Waals surface area contributed by atoms with E-state index in [0.717, 1.165) is 22.3 Å². The molecule has 3 aromatic carbocycles. The summed E-state index contributed by atoms with van der Waals surface area (Å²) in [5.41, 5.74) is 2.30. The van der Waals surface area contributed by atoms with Crippen molar-refractivity contribution in [2.24, 2.45) is 0 Å². The van der Waals surface area contributed by atoms with Crippen LogP contribution in [0.2, 0.25) is 0 Å². The van der Waals surface area contributed by atoms with E-state index in [0.29, 0.717) is 22.3 Å². The van der Waals surface area contributed by atoms with Gasteiger partial charge >= 0.3 is 0 Å². The number of rotatable bonds is 9. The number of hydrogen-bond donors (Lipinski definition) is 0. The Kier molecular flexibility index (Phi) is 6.72. The van der Waals surface area contributed by atoms with Crippen molar-refractivity contribution in [2.75, 3.05) is 12.9 Å². The van der Waals surface area contributed by atoms with Crippen LogP contribution in [0.4, 0.5) is 0 Å². The minimum absolute atomic E-state index is 0.0273. The Morgan fingerprint density at radius 3 is 2.51 bits per heavy atom. The molecule has 35 heavy (non-hydrogen) atoms. The number of thioether (sulfide) groups is 1.